The van der Waals surface area contributed by atoms with E-state index in [0.717, 1.165) is 6.42 Å². The fourth-order valence-corrected chi connectivity index (χ4v) is 1.76. The lowest BCUT2D eigenvalue weighted by atomic mass is 9.83. The number of ether oxygens (including phenoxy) is 1. The highest BCUT2D eigenvalue weighted by Crippen LogP contribution is 2.25. The first-order chi connectivity index (χ1) is 5.93. The second-order valence-corrected chi connectivity index (χ2v) is 4.83. The van der Waals surface area contributed by atoms with Crippen molar-refractivity contribution >= 4 is 0 Å². The van der Waals surface area contributed by atoms with E-state index in [1.165, 1.54) is 12.8 Å². The van der Waals surface area contributed by atoms with Gasteiger partial charge >= 0.3 is 0 Å². The van der Waals surface area contributed by atoms with Crippen LogP contribution in [0.25, 0.3) is 0 Å². The van der Waals surface area contributed by atoms with Gasteiger partial charge in [0.05, 0.1) is 6.10 Å². The smallest absolute Gasteiger partial charge is 0.0770 e. The summed E-state index contributed by atoms with van der Waals surface area (Å²) in [4.78, 5) is 0. The van der Waals surface area contributed by atoms with Crippen LogP contribution in [0.4, 0.5) is 0 Å². The molecule has 0 fully saturated rings. The van der Waals surface area contributed by atoms with E-state index in [1.54, 1.807) is 7.11 Å². The van der Waals surface area contributed by atoms with Gasteiger partial charge in [0, 0.05) is 13.2 Å². The Bertz CT molecular complexity index is 129. The fourth-order valence-electron chi connectivity index (χ4n) is 1.76. The lowest BCUT2D eigenvalue weighted by Crippen LogP contribution is -2.44. The summed E-state index contributed by atoms with van der Waals surface area (Å²) in [5, 5.41) is 0. The van der Waals surface area contributed by atoms with E-state index in [9.17, 15) is 0 Å². The van der Waals surface area contributed by atoms with Gasteiger partial charge in [0.1, 0.15) is 0 Å². The van der Waals surface area contributed by atoms with Crippen LogP contribution in [0, 0.1) is 5.41 Å². The number of rotatable bonds is 5. The molecular formula is C11H25NO. The third-order valence-electron chi connectivity index (χ3n) is 2.39. The molecule has 0 saturated heterocycles. The lowest BCUT2D eigenvalue weighted by molar-refractivity contribution is -0.00398. The molecule has 80 valence electrons. The molecule has 0 aliphatic heterocycles. The zero-order valence-corrected chi connectivity index (χ0v) is 9.76. The van der Waals surface area contributed by atoms with E-state index in [2.05, 4.69) is 27.7 Å². The van der Waals surface area contributed by atoms with E-state index in [4.69, 9.17) is 10.5 Å². The molecule has 2 atom stereocenters. The highest BCUT2D eigenvalue weighted by molar-refractivity contribution is 4.83. The van der Waals surface area contributed by atoms with Crippen LogP contribution in [0.3, 0.4) is 0 Å². The molecule has 0 aromatic heterocycles. The van der Waals surface area contributed by atoms with Crippen molar-refractivity contribution in [2.75, 3.05) is 7.11 Å². The summed E-state index contributed by atoms with van der Waals surface area (Å²) in [5.74, 6) is 0. The van der Waals surface area contributed by atoms with E-state index >= 15 is 0 Å². The van der Waals surface area contributed by atoms with Crippen LogP contribution in [0.2, 0.25) is 0 Å². The normalized spacial score (nSPS) is 17.1. The molecule has 0 heterocycles. The summed E-state index contributed by atoms with van der Waals surface area (Å²) in [5.41, 5.74) is 6.22. The molecule has 0 aliphatic carbocycles. The number of hydrogen-bond donors (Lipinski definition) is 1. The van der Waals surface area contributed by atoms with Crippen LogP contribution in [0.15, 0.2) is 0 Å². The quantitative estimate of drug-likeness (QED) is 0.718. The van der Waals surface area contributed by atoms with Crippen LogP contribution < -0.4 is 5.73 Å². The van der Waals surface area contributed by atoms with Gasteiger partial charge in [0.25, 0.3) is 0 Å². The molecule has 0 spiro atoms. The van der Waals surface area contributed by atoms with Crippen LogP contribution in [0.1, 0.15) is 47.0 Å². The fraction of sp³-hybridized carbons (Fsp3) is 1.00. The zero-order chi connectivity index (χ0) is 10.5. The average molecular weight is 187 g/mol. The summed E-state index contributed by atoms with van der Waals surface area (Å²) in [7, 11) is 1.75. The Morgan fingerprint density at radius 3 is 2.15 bits per heavy atom. The van der Waals surface area contributed by atoms with Crippen molar-refractivity contribution in [1.82, 2.24) is 0 Å². The SMILES string of the molecule is CCCCC(N)C(OC)C(C)(C)C. The Morgan fingerprint density at radius 1 is 1.31 bits per heavy atom. The van der Waals surface area contributed by atoms with Gasteiger partial charge in [-0.3, -0.25) is 0 Å². The predicted octanol–water partition coefficient (Wildman–Crippen LogP) is 2.57. The molecule has 0 bridgehead atoms. The Hall–Kier alpha value is -0.0800. The van der Waals surface area contributed by atoms with E-state index in [0.29, 0.717) is 0 Å². The van der Waals surface area contributed by atoms with Crippen molar-refractivity contribution in [1.29, 1.82) is 0 Å². The summed E-state index contributed by atoms with van der Waals surface area (Å²) < 4.78 is 5.45. The summed E-state index contributed by atoms with van der Waals surface area (Å²) in [6.07, 6.45) is 3.62. The Kier molecular flexibility index (Phi) is 5.57. The molecule has 2 unspecified atom stereocenters. The standard InChI is InChI=1S/C11H25NO/c1-6-7-8-9(12)10(13-5)11(2,3)4/h9-10H,6-8,12H2,1-5H3. The first-order valence-corrected chi connectivity index (χ1v) is 5.21. The van der Waals surface area contributed by atoms with Gasteiger partial charge in [0.2, 0.25) is 0 Å². The molecule has 0 aromatic carbocycles. The van der Waals surface area contributed by atoms with Crippen molar-refractivity contribution in [3.8, 4) is 0 Å². The van der Waals surface area contributed by atoms with Gasteiger partial charge in [-0.05, 0) is 11.8 Å². The van der Waals surface area contributed by atoms with E-state index in [1.807, 2.05) is 0 Å². The maximum Gasteiger partial charge on any atom is 0.0770 e. The summed E-state index contributed by atoms with van der Waals surface area (Å²) in [6.45, 7) is 8.71. The minimum Gasteiger partial charge on any atom is -0.379 e. The zero-order valence-electron chi connectivity index (χ0n) is 9.76. The predicted molar refractivity (Wildman–Crippen MR) is 57.8 cm³/mol. The molecule has 0 radical (unpaired) electrons. The number of nitrogens with two attached hydrogens (primary N) is 1. The number of unbranched alkanes of at least 4 members (excludes halogenated alkanes) is 1. The third kappa shape index (κ3) is 4.63. The first-order valence-electron chi connectivity index (χ1n) is 5.21. The highest BCUT2D eigenvalue weighted by atomic mass is 16.5. The molecule has 0 rings (SSSR count). The second kappa shape index (κ2) is 5.61. The van der Waals surface area contributed by atoms with Gasteiger partial charge in [-0.1, -0.05) is 40.5 Å². The molecule has 2 heteroatoms. The third-order valence-corrected chi connectivity index (χ3v) is 2.39. The molecule has 2 nitrogen and oxygen atoms in total. The monoisotopic (exact) mass is 187 g/mol. The largest absolute Gasteiger partial charge is 0.379 e. The van der Waals surface area contributed by atoms with Gasteiger partial charge in [0.15, 0.2) is 0 Å². The van der Waals surface area contributed by atoms with Gasteiger partial charge in [-0.2, -0.15) is 0 Å². The topological polar surface area (TPSA) is 35.2 Å². The second-order valence-electron chi connectivity index (χ2n) is 4.83. The van der Waals surface area contributed by atoms with E-state index < -0.39 is 0 Å². The summed E-state index contributed by atoms with van der Waals surface area (Å²) >= 11 is 0. The maximum absolute atomic E-state index is 6.08. The van der Waals surface area contributed by atoms with Crippen molar-refractivity contribution in [2.24, 2.45) is 11.1 Å². The minimum absolute atomic E-state index is 0.141. The van der Waals surface area contributed by atoms with Crippen molar-refractivity contribution in [3.63, 3.8) is 0 Å². The molecule has 0 aliphatic rings. The van der Waals surface area contributed by atoms with Crippen molar-refractivity contribution in [3.05, 3.63) is 0 Å². The number of hydrogen-bond acceptors (Lipinski definition) is 2. The number of methoxy groups -OCH3 is 1. The van der Waals surface area contributed by atoms with Crippen LogP contribution in [-0.2, 0) is 4.74 Å². The Morgan fingerprint density at radius 2 is 1.85 bits per heavy atom. The average Bonchev–Trinajstić information content (AvgIpc) is 1.99. The maximum atomic E-state index is 6.08. The summed E-state index contributed by atoms with van der Waals surface area (Å²) in [6, 6.07) is 0.171. The van der Waals surface area contributed by atoms with Gasteiger partial charge in [-0.25, -0.2) is 0 Å². The molecule has 0 amide bonds. The first kappa shape index (κ1) is 12.9. The van der Waals surface area contributed by atoms with Crippen molar-refractivity contribution in [2.45, 2.75) is 59.1 Å². The Balaban J connectivity index is 4.07. The molecule has 0 aromatic rings. The molecule has 2 N–H and O–H groups in total. The molecule has 0 saturated carbocycles. The van der Waals surface area contributed by atoms with Crippen LogP contribution >= 0.6 is 0 Å². The van der Waals surface area contributed by atoms with E-state index in [-0.39, 0.29) is 17.6 Å². The lowest BCUT2D eigenvalue weighted by Gasteiger charge is -2.34. The van der Waals surface area contributed by atoms with Crippen LogP contribution in [-0.4, -0.2) is 19.3 Å². The highest BCUT2D eigenvalue weighted by Gasteiger charge is 2.29. The van der Waals surface area contributed by atoms with Gasteiger partial charge in [-0.15, -0.1) is 0 Å². The van der Waals surface area contributed by atoms with Crippen molar-refractivity contribution < 1.29 is 4.74 Å². The Labute approximate surface area is 82.8 Å². The van der Waals surface area contributed by atoms with Gasteiger partial charge < -0.3 is 10.5 Å². The van der Waals surface area contributed by atoms with Crippen LogP contribution in [0.5, 0.6) is 0 Å². The molecule has 13 heavy (non-hydrogen) atoms. The minimum atomic E-state index is 0.141. The molecular weight excluding hydrogens is 162 g/mol.